The van der Waals surface area contributed by atoms with Gasteiger partial charge in [0.1, 0.15) is 17.3 Å². The Kier molecular flexibility index (Phi) is 5.38. The number of imidazole rings is 1. The van der Waals surface area contributed by atoms with Crippen molar-refractivity contribution in [3.8, 4) is 0 Å². The summed E-state index contributed by atoms with van der Waals surface area (Å²) in [4.78, 5) is 24.3. The van der Waals surface area contributed by atoms with Gasteiger partial charge < -0.3 is 14.9 Å². The molecule has 194 valence electrons. The molecule has 9 nitrogen and oxygen atoms in total. The first-order valence-electron chi connectivity index (χ1n) is 11.8. The average Bonchev–Trinajstić information content (AvgIpc) is 3.59. The first-order valence-corrected chi connectivity index (χ1v) is 11.8. The number of nitrogens with zero attached hydrogens (tertiary/aromatic N) is 6. The van der Waals surface area contributed by atoms with Gasteiger partial charge >= 0.3 is 6.18 Å². The number of hydrogen-bond donors (Lipinski definition) is 1. The number of benzene rings is 1. The normalized spacial score (nSPS) is 15.3. The number of fused-ring (bicyclic) bond motifs is 4. The number of alkyl halides is 3. The molecular weight excluding hydrogens is 499 g/mol. The summed E-state index contributed by atoms with van der Waals surface area (Å²) >= 11 is 0. The second-order valence-electron chi connectivity index (χ2n) is 9.19. The lowest BCUT2D eigenvalue weighted by Gasteiger charge is -2.22. The highest BCUT2D eigenvalue weighted by molar-refractivity contribution is 6.07. The van der Waals surface area contributed by atoms with Crippen molar-refractivity contribution in [2.45, 2.75) is 32.4 Å². The molecule has 0 aliphatic carbocycles. The van der Waals surface area contributed by atoms with Gasteiger partial charge in [-0.3, -0.25) is 14.4 Å². The molecule has 0 saturated carbocycles. The van der Waals surface area contributed by atoms with Crippen LogP contribution in [0.3, 0.4) is 0 Å². The van der Waals surface area contributed by atoms with Crippen LogP contribution in [0.1, 0.15) is 45.8 Å². The summed E-state index contributed by atoms with van der Waals surface area (Å²) in [5.74, 6) is 0.579. The molecule has 5 heterocycles. The Balaban J connectivity index is 1.40. The van der Waals surface area contributed by atoms with E-state index in [0.29, 0.717) is 40.7 Å². The van der Waals surface area contributed by atoms with Crippen LogP contribution in [-0.4, -0.2) is 30.1 Å². The van der Waals surface area contributed by atoms with E-state index >= 15 is 0 Å². The zero-order chi connectivity index (χ0) is 26.8. The maximum atomic E-state index is 13.9. The van der Waals surface area contributed by atoms with Crippen molar-refractivity contribution >= 4 is 34.1 Å². The molecule has 12 heteroatoms. The SMILES string of the molecule is C[C@H]1OCc2c1c(N)nc1ccc(C(=O)N(Cc3cn4cc(C(F)(F)F)ccc4n3)c3ccnn3C)cc21. The van der Waals surface area contributed by atoms with E-state index in [1.54, 1.807) is 42.2 Å². The Hall–Kier alpha value is -4.45. The van der Waals surface area contributed by atoms with Crippen LogP contribution >= 0.6 is 0 Å². The zero-order valence-electron chi connectivity index (χ0n) is 20.4. The van der Waals surface area contributed by atoms with Crippen LogP contribution in [0.5, 0.6) is 0 Å². The molecule has 0 fully saturated rings. The molecule has 1 aliphatic rings. The van der Waals surface area contributed by atoms with Crippen LogP contribution in [0, 0.1) is 0 Å². The Morgan fingerprint density at radius 2 is 2.00 bits per heavy atom. The number of halogens is 3. The number of anilines is 2. The molecule has 1 aromatic carbocycles. The van der Waals surface area contributed by atoms with Crippen LogP contribution in [0.25, 0.3) is 16.6 Å². The van der Waals surface area contributed by atoms with Gasteiger partial charge in [-0.1, -0.05) is 0 Å². The van der Waals surface area contributed by atoms with E-state index in [2.05, 4.69) is 15.1 Å². The van der Waals surface area contributed by atoms with Crippen LogP contribution in [-0.2, 0) is 31.1 Å². The van der Waals surface area contributed by atoms with Gasteiger partial charge in [-0.25, -0.2) is 9.97 Å². The van der Waals surface area contributed by atoms with Crippen LogP contribution in [0.2, 0.25) is 0 Å². The van der Waals surface area contributed by atoms with Crippen molar-refractivity contribution in [3.05, 3.63) is 82.9 Å². The van der Waals surface area contributed by atoms with Crippen molar-refractivity contribution in [1.82, 2.24) is 24.1 Å². The molecule has 0 spiro atoms. The van der Waals surface area contributed by atoms with Gasteiger partial charge in [0.25, 0.3) is 5.91 Å². The Bertz CT molecular complexity index is 1720. The number of aryl methyl sites for hydroxylation is 1. The number of amides is 1. The Labute approximate surface area is 214 Å². The van der Waals surface area contributed by atoms with Crippen LogP contribution in [0.15, 0.2) is 55.0 Å². The molecule has 1 atom stereocenters. The average molecular weight is 522 g/mol. The minimum Gasteiger partial charge on any atom is -0.383 e. The van der Waals surface area contributed by atoms with Gasteiger partial charge in [-0.2, -0.15) is 18.3 Å². The molecule has 4 aromatic heterocycles. The van der Waals surface area contributed by atoms with Crippen LogP contribution < -0.4 is 10.6 Å². The molecule has 38 heavy (non-hydrogen) atoms. The molecule has 0 radical (unpaired) electrons. The summed E-state index contributed by atoms with van der Waals surface area (Å²) in [5.41, 5.74) is 8.91. The largest absolute Gasteiger partial charge is 0.417 e. The number of ether oxygens (including phenoxy) is 1. The van der Waals surface area contributed by atoms with Gasteiger partial charge in [0, 0.05) is 42.0 Å². The second-order valence-corrected chi connectivity index (χ2v) is 9.19. The predicted molar refractivity (Wildman–Crippen MR) is 133 cm³/mol. The number of hydrogen-bond acceptors (Lipinski definition) is 6. The standard InChI is InChI=1S/C26H22F3N7O2/c1-14-23-19(13-38-14)18-9-15(3-5-20(18)33-24(23)30)25(37)36(22-7-8-31-34(22)2)12-17-11-35-10-16(26(27,28)29)4-6-21(35)32-17/h3-11,14H,12-13H2,1-2H3,(H2,30,33)/t14-/m1/s1. The molecular formula is C26H22F3N7O2. The molecule has 1 aliphatic heterocycles. The lowest BCUT2D eigenvalue weighted by atomic mass is 10.00. The van der Waals surface area contributed by atoms with E-state index in [9.17, 15) is 18.0 Å². The van der Waals surface area contributed by atoms with Crippen molar-refractivity contribution in [2.24, 2.45) is 7.05 Å². The Morgan fingerprint density at radius 1 is 1.18 bits per heavy atom. The highest BCUT2D eigenvalue weighted by Gasteiger charge is 2.31. The third-order valence-corrected chi connectivity index (χ3v) is 6.76. The minimum absolute atomic E-state index is 0.0116. The van der Waals surface area contributed by atoms with Gasteiger partial charge in [-0.15, -0.1) is 0 Å². The summed E-state index contributed by atoms with van der Waals surface area (Å²) in [6.07, 6.45) is -0.644. The molecule has 2 N–H and O–H groups in total. The number of pyridine rings is 2. The topological polar surface area (TPSA) is 104 Å². The van der Waals surface area contributed by atoms with Crippen molar-refractivity contribution in [3.63, 3.8) is 0 Å². The summed E-state index contributed by atoms with van der Waals surface area (Å²) in [6, 6.07) is 9.15. The first-order chi connectivity index (χ1) is 18.1. The van der Waals surface area contributed by atoms with Gasteiger partial charge in [0.2, 0.25) is 0 Å². The fourth-order valence-corrected chi connectivity index (χ4v) is 4.89. The molecule has 0 bridgehead atoms. The van der Waals surface area contributed by atoms with E-state index in [-0.39, 0.29) is 18.6 Å². The van der Waals surface area contributed by atoms with Crippen molar-refractivity contribution < 1.29 is 22.7 Å². The molecule has 5 aromatic rings. The molecule has 0 unspecified atom stereocenters. The zero-order valence-corrected chi connectivity index (χ0v) is 20.4. The summed E-state index contributed by atoms with van der Waals surface area (Å²) < 4.78 is 48.2. The van der Waals surface area contributed by atoms with Crippen LogP contribution in [0.4, 0.5) is 24.8 Å². The maximum absolute atomic E-state index is 13.9. The quantitative estimate of drug-likeness (QED) is 0.369. The third kappa shape index (κ3) is 3.93. The van der Waals surface area contributed by atoms with E-state index in [0.717, 1.165) is 28.8 Å². The third-order valence-electron chi connectivity index (χ3n) is 6.76. The maximum Gasteiger partial charge on any atom is 0.417 e. The lowest BCUT2D eigenvalue weighted by molar-refractivity contribution is -0.137. The summed E-state index contributed by atoms with van der Waals surface area (Å²) in [5, 5.41) is 4.96. The molecule has 1 amide bonds. The van der Waals surface area contributed by atoms with Gasteiger partial charge in [0.05, 0.1) is 42.2 Å². The number of carbonyl (C=O) groups excluding carboxylic acids is 1. The number of carbonyl (C=O) groups is 1. The van der Waals surface area contributed by atoms with E-state index < -0.39 is 11.7 Å². The highest BCUT2D eigenvalue weighted by atomic mass is 19.4. The molecule has 6 rings (SSSR count). The van der Waals surface area contributed by atoms with E-state index in [4.69, 9.17) is 10.5 Å². The number of nitrogen functional groups attached to an aromatic ring is 1. The smallest absolute Gasteiger partial charge is 0.383 e. The predicted octanol–water partition coefficient (Wildman–Crippen LogP) is 4.66. The number of aromatic nitrogens is 5. The monoisotopic (exact) mass is 521 g/mol. The Morgan fingerprint density at radius 3 is 2.74 bits per heavy atom. The van der Waals surface area contributed by atoms with Crippen molar-refractivity contribution in [1.29, 1.82) is 0 Å². The van der Waals surface area contributed by atoms with Gasteiger partial charge in [0.15, 0.2) is 0 Å². The number of rotatable bonds is 4. The minimum atomic E-state index is -4.48. The van der Waals surface area contributed by atoms with Gasteiger partial charge in [-0.05, 0) is 42.8 Å². The second kappa shape index (κ2) is 8.55. The lowest BCUT2D eigenvalue weighted by Crippen LogP contribution is -2.32. The van der Waals surface area contributed by atoms with E-state index in [1.165, 1.54) is 21.6 Å². The highest BCUT2D eigenvalue weighted by Crippen LogP contribution is 2.38. The fourth-order valence-electron chi connectivity index (χ4n) is 4.89. The van der Waals surface area contributed by atoms with Crippen molar-refractivity contribution in [2.75, 3.05) is 10.6 Å². The molecule has 0 saturated heterocycles. The fraction of sp³-hybridized carbons (Fsp3) is 0.231. The number of nitrogens with two attached hydrogens (primary N) is 1. The summed E-state index contributed by atoms with van der Waals surface area (Å²) in [6.45, 7) is 2.28. The first kappa shape index (κ1) is 23.9. The summed E-state index contributed by atoms with van der Waals surface area (Å²) in [7, 11) is 1.70. The van der Waals surface area contributed by atoms with E-state index in [1.807, 2.05) is 6.92 Å².